The fourth-order valence-electron chi connectivity index (χ4n) is 1.04. The first-order valence-corrected chi connectivity index (χ1v) is 4.32. The lowest BCUT2D eigenvalue weighted by molar-refractivity contribution is -0.394. The molecule has 1 rings (SSSR count). The highest BCUT2D eigenvalue weighted by Gasteiger charge is 2.21. The summed E-state index contributed by atoms with van der Waals surface area (Å²) < 4.78 is 16.0. The van der Waals surface area contributed by atoms with E-state index >= 15 is 0 Å². The van der Waals surface area contributed by atoms with E-state index in [2.05, 4.69) is 9.68 Å². The Morgan fingerprint density at radius 1 is 1.28 bits per heavy atom. The van der Waals surface area contributed by atoms with Crippen molar-refractivity contribution in [3.8, 4) is 5.75 Å². The van der Waals surface area contributed by atoms with Crippen LogP contribution < -0.4 is 4.74 Å². The fraction of sp³-hybridized carbons (Fsp3) is 0.125. The van der Waals surface area contributed by atoms with E-state index in [-0.39, 0.29) is 0 Å². The lowest BCUT2D eigenvalue weighted by Gasteiger charge is -2.03. The minimum absolute atomic E-state index is 0.406. The van der Waals surface area contributed by atoms with Crippen LogP contribution in [-0.4, -0.2) is 22.4 Å². The first kappa shape index (κ1) is 13.3. The van der Waals surface area contributed by atoms with Crippen LogP contribution in [0.5, 0.6) is 5.75 Å². The molecule has 0 amide bonds. The first-order chi connectivity index (χ1) is 8.45. The molecule has 0 aromatic heterocycles. The number of halogens is 1. The second-order valence-corrected chi connectivity index (χ2v) is 2.90. The molecule has 0 aliphatic rings. The molecule has 0 saturated carbocycles. The molecule has 0 unspecified atom stereocenters. The number of nitro benzene ring substituents is 2. The Bertz CT molecular complexity index is 504. The summed E-state index contributed by atoms with van der Waals surface area (Å²) in [4.78, 5) is 32.5. The second-order valence-electron chi connectivity index (χ2n) is 2.90. The summed E-state index contributed by atoms with van der Waals surface area (Å²) in [6.07, 6.45) is 0. The van der Waals surface area contributed by atoms with Crippen molar-refractivity contribution in [3.63, 3.8) is 0 Å². The summed E-state index contributed by atoms with van der Waals surface area (Å²) in [5, 5.41) is 21.0. The second kappa shape index (κ2) is 5.52. The van der Waals surface area contributed by atoms with Gasteiger partial charge in [0.05, 0.1) is 15.9 Å². The van der Waals surface area contributed by atoms with Gasteiger partial charge in [0.15, 0.2) is 12.4 Å². The van der Waals surface area contributed by atoms with Gasteiger partial charge in [-0.25, -0.2) is 4.79 Å². The SMILES string of the molecule is O=C(COc1ccc([N+](=O)[O-])cc1[N+](=O)[O-])OF. The zero-order valence-corrected chi connectivity index (χ0v) is 8.57. The zero-order chi connectivity index (χ0) is 13.7. The molecule has 0 aliphatic carbocycles. The van der Waals surface area contributed by atoms with Crippen molar-refractivity contribution in [3.05, 3.63) is 38.4 Å². The standard InChI is InChI=1S/C8H5FN2O7/c9-18-8(12)4-17-7-2-1-5(10(13)14)3-6(7)11(15)16/h1-3H,4H2. The summed E-state index contributed by atoms with van der Waals surface area (Å²) in [5.74, 6) is -1.79. The van der Waals surface area contributed by atoms with Crippen LogP contribution in [0.4, 0.5) is 15.9 Å². The molecule has 0 heterocycles. The number of ether oxygens (including phenoxy) is 1. The smallest absolute Gasteiger partial charge is 0.385 e. The highest BCUT2D eigenvalue weighted by atomic mass is 19.3. The molecule has 96 valence electrons. The van der Waals surface area contributed by atoms with Gasteiger partial charge in [-0.2, -0.15) is 0 Å². The minimum Gasteiger partial charge on any atom is -0.475 e. The molecule has 0 aliphatic heterocycles. The Morgan fingerprint density at radius 2 is 1.94 bits per heavy atom. The molecule has 0 bridgehead atoms. The van der Waals surface area contributed by atoms with Gasteiger partial charge in [0.1, 0.15) is 0 Å². The predicted molar refractivity (Wildman–Crippen MR) is 52.4 cm³/mol. The van der Waals surface area contributed by atoms with Crippen molar-refractivity contribution in [2.45, 2.75) is 0 Å². The maximum absolute atomic E-state index is 11.4. The summed E-state index contributed by atoms with van der Waals surface area (Å²) in [7, 11) is 0. The van der Waals surface area contributed by atoms with Crippen LogP contribution in [0.1, 0.15) is 0 Å². The molecule has 10 heteroatoms. The van der Waals surface area contributed by atoms with Crippen LogP contribution in [0.15, 0.2) is 18.2 Å². The fourth-order valence-corrected chi connectivity index (χ4v) is 1.04. The Balaban J connectivity index is 3.00. The first-order valence-electron chi connectivity index (χ1n) is 4.32. The third-order valence-electron chi connectivity index (χ3n) is 1.78. The van der Waals surface area contributed by atoms with Gasteiger partial charge >= 0.3 is 11.7 Å². The van der Waals surface area contributed by atoms with Gasteiger partial charge in [0.2, 0.25) is 0 Å². The van der Waals surface area contributed by atoms with Gasteiger partial charge in [0.25, 0.3) is 5.69 Å². The van der Waals surface area contributed by atoms with Crippen LogP contribution >= 0.6 is 0 Å². The molecular formula is C8H5FN2O7. The minimum atomic E-state index is -1.39. The number of carbonyl (C=O) groups excluding carboxylic acids is 1. The van der Waals surface area contributed by atoms with Gasteiger partial charge < -0.3 is 4.74 Å². The largest absolute Gasteiger partial charge is 0.475 e. The molecule has 0 N–H and O–H groups in total. The monoisotopic (exact) mass is 260 g/mol. The van der Waals surface area contributed by atoms with Crippen molar-refractivity contribution in [1.29, 1.82) is 0 Å². The van der Waals surface area contributed by atoms with E-state index in [0.717, 1.165) is 12.1 Å². The van der Waals surface area contributed by atoms with Gasteiger partial charge in [-0.15, -0.1) is 0 Å². The van der Waals surface area contributed by atoms with Crippen LogP contribution in [-0.2, 0) is 9.74 Å². The number of nitro groups is 2. The molecule has 0 spiro atoms. The number of hydrogen-bond donors (Lipinski definition) is 0. The topological polar surface area (TPSA) is 122 Å². The van der Waals surface area contributed by atoms with Crippen LogP contribution in [0, 0.1) is 20.2 Å². The summed E-state index contributed by atoms with van der Waals surface area (Å²) in [6, 6.07) is 2.54. The third-order valence-corrected chi connectivity index (χ3v) is 1.78. The van der Waals surface area contributed by atoms with Crippen LogP contribution in [0.3, 0.4) is 0 Å². The molecule has 1 aromatic carbocycles. The molecule has 0 atom stereocenters. The Morgan fingerprint density at radius 3 is 2.44 bits per heavy atom. The lowest BCUT2D eigenvalue weighted by atomic mass is 10.2. The van der Waals surface area contributed by atoms with Gasteiger partial charge in [-0.05, 0) is 6.07 Å². The molecule has 9 nitrogen and oxygen atoms in total. The Kier molecular flexibility index (Phi) is 4.07. The van der Waals surface area contributed by atoms with Crippen molar-refractivity contribution >= 4 is 17.3 Å². The van der Waals surface area contributed by atoms with Crippen molar-refractivity contribution < 1.29 is 28.8 Å². The zero-order valence-electron chi connectivity index (χ0n) is 8.57. The quantitative estimate of drug-likeness (QED) is 0.577. The molecule has 0 fully saturated rings. The summed E-state index contributed by atoms with van der Waals surface area (Å²) >= 11 is 0. The number of benzene rings is 1. The number of nitrogens with zero attached hydrogens (tertiary/aromatic N) is 2. The molecule has 0 radical (unpaired) electrons. The molecule has 18 heavy (non-hydrogen) atoms. The molecule has 0 saturated heterocycles. The lowest BCUT2D eigenvalue weighted by Crippen LogP contribution is -2.12. The number of non-ortho nitro benzene ring substituents is 1. The van der Waals surface area contributed by atoms with Crippen LogP contribution in [0.25, 0.3) is 0 Å². The van der Waals surface area contributed by atoms with Gasteiger partial charge in [-0.3, -0.25) is 25.2 Å². The molecular weight excluding hydrogens is 255 g/mol. The van der Waals surface area contributed by atoms with Crippen molar-refractivity contribution in [2.75, 3.05) is 6.61 Å². The maximum Gasteiger partial charge on any atom is 0.385 e. The normalized spacial score (nSPS) is 9.61. The third kappa shape index (κ3) is 3.10. The summed E-state index contributed by atoms with van der Waals surface area (Å²) in [5.41, 5.74) is -1.22. The average Bonchev–Trinajstić information content (AvgIpc) is 2.35. The Labute approximate surface area is 97.9 Å². The van der Waals surface area contributed by atoms with Crippen LogP contribution in [0.2, 0.25) is 0 Å². The van der Waals surface area contributed by atoms with E-state index in [0.29, 0.717) is 6.07 Å². The van der Waals surface area contributed by atoms with Crippen molar-refractivity contribution in [1.82, 2.24) is 0 Å². The Hall–Kier alpha value is -2.78. The average molecular weight is 260 g/mol. The number of hydrogen-bond acceptors (Lipinski definition) is 7. The van der Waals surface area contributed by atoms with E-state index in [9.17, 15) is 29.5 Å². The van der Waals surface area contributed by atoms with Crippen molar-refractivity contribution in [2.24, 2.45) is 0 Å². The maximum atomic E-state index is 11.4. The predicted octanol–water partition coefficient (Wildman–Crippen LogP) is 1.31. The summed E-state index contributed by atoms with van der Waals surface area (Å²) in [6.45, 7) is -0.894. The van der Waals surface area contributed by atoms with Gasteiger partial charge in [-0.1, -0.05) is 0 Å². The van der Waals surface area contributed by atoms with E-state index in [4.69, 9.17) is 0 Å². The van der Waals surface area contributed by atoms with E-state index in [1.54, 1.807) is 0 Å². The van der Waals surface area contributed by atoms with E-state index in [1.165, 1.54) is 0 Å². The highest BCUT2D eigenvalue weighted by Crippen LogP contribution is 2.30. The number of carbonyl (C=O) groups is 1. The van der Waals surface area contributed by atoms with E-state index in [1.807, 2.05) is 0 Å². The highest BCUT2D eigenvalue weighted by molar-refractivity contribution is 5.70. The van der Waals surface area contributed by atoms with E-state index < -0.39 is 39.5 Å². The molecule has 1 aromatic rings. The number of rotatable bonds is 5. The van der Waals surface area contributed by atoms with Gasteiger partial charge in [0, 0.05) is 10.6 Å².